The highest BCUT2D eigenvalue weighted by molar-refractivity contribution is 5.68. The zero-order chi connectivity index (χ0) is 13.8. The Balaban J connectivity index is 2.45. The quantitative estimate of drug-likeness (QED) is 0.616. The molecule has 1 aliphatic carbocycles. The van der Waals surface area contributed by atoms with Gasteiger partial charge in [0.25, 0.3) is 0 Å². The number of alkyl carbamates (subject to hydrolysis) is 1. The summed E-state index contributed by atoms with van der Waals surface area (Å²) in [4.78, 5) is 11.7. The minimum Gasteiger partial charge on any atom is -0.444 e. The molecule has 1 aliphatic rings. The molecule has 1 fully saturated rings. The smallest absolute Gasteiger partial charge is 0.408 e. The second-order valence-electron chi connectivity index (χ2n) is 5.59. The van der Waals surface area contributed by atoms with E-state index < -0.39 is 17.9 Å². The average molecular weight is 260 g/mol. The van der Waals surface area contributed by atoms with Crippen LogP contribution in [0, 0.1) is 5.92 Å². The third kappa shape index (κ3) is 5.66. The highest BCUT2D eigenvalue weighted by atomic mass is 16.6. The van der Waals surface area contributed by atoms with Gasteiger partial charge in [-0.25, -0.2) is 4.79 Å². The first kappa shape index (κ1) is 15.2. The third-order valence-corrected chi connectivity index (χ3v) is 2.59. The number of methoxy groups -OCH3 is 1. The van der Waals surface area contributed by atoms with Crippen LogP contribution in [-0.2, 0) is 9.47 Å². The largest absolute Gasteiger partial charge is 0.444 e. The van der Waals surface area contributed by atoms with Crippen LogP contribution in [0.3, 0.4) is 0 Å². The van der Waals surface area contributed by atoms with E-state index >= 15 is 0 Å². The second-order valence-corrected chi connectivity index (χ2v) is 5.59. The lowest BCUT2D eigenvalue weighted by Crippen LogP contribution is -2.52. The van der Waals surface area contributed by atoms with Gasteiger partial charge in [0.05, 0.1) is 12.8 Å². The van der Waals surface area contributed by atoms with E-state index in [2.05, 4.69) is 10.6 Å². The van der Waals surface area contributed by atoms with E-state index in [4.69, 9.17) is 9.47 Å². The first-order chi connectivity index (χ1) is 8.33. The predicted molar refractivity (Wildman–Crippen MR) is 66.9 cm³/mol. The zero-order valence-corrected chi connectivity index (χ0v) is 11.5. The van der Waals surface area contributed by atoms with E-state index in [-0.39, 0.29) is 12.8 Å². The first-order valence-electron chi connectivity index (χ1n) is 6.23. The van der Waals surface area contributed by atoms with Crippen molar-refractivity contribution in [2.24, 2.45) is 5.92 Å². The van der Waals surface area contributed by atoms with Crippen LogP contribution in [0.15, 0.2) is 0 Å². The van der Waals surface area contributed by atoms with Crippen molar-refractivity contribution in [1.29, 1.82) is 0 Å². The number of ether oxygens (including phenoxy) is 2. The van der Waals surface area contributed by atoms with Crippen LogP contribution in [0.1, 0.15) is 33.6 Å². The van der Waals surface area contributed by atoms with E-state index in [1.807, 2.05) is 0 Å². The van der Waals surface area contributed by atoms with E-state index in [1.54, 1.807) is 20.8 Å². The molecular formula is C12H24N2O4. The summed E-state index contributed by atoms with van der Waals surface area (Å²) >= 11 is 0. The van der Waals surface area contributed by atoms with Crippen LogP contribution in [0.5, 0.6) is 0 Å². The molecule has 1 rings (SSSR count). The number of carbonyl (C=O) groups excluding carboxylic acids is 1. The van der Waals surface area contributed by atoms with E-state index in [0.717, 1.165) is 12.8 Å². The van der Waals surface area contributed by atoms with Gasteiger partial charge in [-0.1, -0.05) is 0 Å². The topological polar surface area (TPSA) is 79.8 Å². The van der Waals surface area contributed by atoms with Crippen LogP contribution in [-0.4, -0.2) is 42.9 Å². The Labute approximate surface area is 108 Å². The fourth-order valence-electron chi connectivity index (χ4n) is 1.65. The standard InChI is InChI=1S/C12H24N2O4/c1-12(2,3)18-11(16)14-9(8-5-6-8)10(15)13-7-17-4/h8-10,13,15H,5-7H2,1-4H3,(H,14,16)/t9-,10-/m1/s1. The third-order valence-electron chi connectivity index (χ3n) is 2.59. The Morgan fingerprint density at radius 2 is 2.06 bits per heavy atom. The van der Waals surface area contributed by atoms with Crippen molar-refractivity contribution < 1.29 is 19.4 Å². The molecule has 6 heteroatoms. The maximum absolute atomic E-state index is 11.7. The molecule has 106 valence electrons. The molecule has 0 saturated heterocycles. The predicted octanol–water partition coefficient (Wildman–Crippen LogP) is 0.802. The molecule has 0 unspecified atom stereocenters. The van der Waals surface area contributed by atoms with Crippen molar-refractivity contribution in [3.05, 3.63) is 0 Å². The van der Waals surface area contributed by atoms with Crippen molar-refractivity contribution in [2.45, 2.75) is 51.5 Å². The number of carbonyl (C=O) groups is 1. The summed E-state index contributed by atoms with van der Waals surface area (Å²) in [5.41, 5.74) is -0.539. The van der Waals surface area contributed by atoms with Gasteiger partial charge in [0.1, 0.15) is 11.8 Å². The van der Waals surface area contributed by atoms with Crippen LogP contribution in [0.4, 0.5) is 4.79 Å². The lowest BCUT2D eigenvalue weighted by Gasteiger charge is -2.27. The second kappa shape index (κ2) is 6.36. The molecule has 18 heavy (non-hydrogen) atoms. The summed E-state index contributed by atoms with van der Waals surface area (Å²) in [7, 11) is 1.53. The molecule has 0 aromatic carbocycles. The summed E-state index contributed by atoms with van der Waals surface area (Å²) in [6, 6.07) is -0.338. The van der Waals surface area contributed by atoms with Gasteiger partial charge < -0.3 is 19.9 Å². The SMILES string of the molecule is COCN[C@H](O)[C@H](NC(=O)OC(C)(C)C)C1CC1. The molecule has 0 aromatic heterocycles. The van der Waals surface area contributed by atoms with Crippen molar-refractivity contribution in [3.63, 3.8) is 0 Å². The Morgan fingerprint density at radius 1 is 1.44 bits per heavy atom. The Morgan fingerprint density at radius 3 is 2.50 bits per heavy atom. The number of amides is 1. The van der Waals surface area contributed by atoms with Crippen LogP contribution >= 0.6 is 0 Å². The van der Waals surface area contributed by atoms with Crippen molar-refractivity contribution in [2.75, 3.05) is 13.8 Å². The summed E-state index contributed by atoms with van der Waals surface area (Å²) in [5.74, 6) is 0.303. The number of hydrogen-bond donors (Lipinski definition) is 3. The summed E-state index contributed by atoms with van der Waals surface area (Å²) in [6.45, 7) is 5.65. The molecule has 0 radical (unpaired) electrons. The molecule has 1 amide bonds. The highest BCUT2D eigenvalue weighted by Crippen LogP contribution is 2.33. The van der Waals surface area contributed by atoms with Gasteiger partial charge in [-0.05, 0) is 39.5 Å². The molecular weight excluding hydrogens is 236 g/mol. The molecule has 0 bridgehead atoms. The van der Waals surface area contributed by atoms with Crippen molar-refractivity contribution >= 4 is 6.09 Å². The fraction of sp³-hybridized carbons (Fsp3) is 0.917. The van der Waals surface area contributed by atoms with E-state index in [0.29, 0.717) is 5.92 Å². The fourth-order valence-corrected chi connectivity index (χ4v) is 1.65. The van der Waals surface area contributed by atoms with Gasteiger partial charge in [0, 0.05) is 7.11 Å². The summed E-state index contributed by atoms with van der Waals surface area (Å²) in [6.07, 6.45) is 0.681. The van der Waals surface area contributed by atoms with Gasteiger partial charge in [-0.15, -0.1) is 0 Å². The highest BCUT2D eigenvalue weighted by Gasteiger charge is 2.37. The number of aliphatic hydroxyl groups excluding tert-OH is 1. The lowest BCUT2D eigenvalue weighted by molar-refractivity contribution is 0.0230. The van der Waals surface area contributed by atoms with E-state index in [9.17, 15) is 9.90 Å². The molecule has 1 saturated carbocycles. The van der Waals surface area contributed by atoms with Gasteiger partial charge in [0.15, 0.2) is 0 Å². The Hall–Kier alpha value is -0.850. The molecule has 2 atom stereocenters. The first-order valence-corrected chi connectivity index (χ1v) is 6.23. The van der Waals surface area contributed by atoms with Crippen LogP contribution < -0.4 is 10.6 Å². The minimum absolute atomic E-state index is 0.236. The van der Waals surface area contributed by atoms with Crippen molar-refractivity contribution in [3.8, 4) is 0 Å². The number of rotatable bonds is 6. The van der Waals surface area contributed by atoms with Crippen LogP contribution in [0.2, 0.25) is 0 Å². The monoisotopic (exact) mass is 260 g/mol. The van der Waals surface area contributed by atoms with Gasteiger partial charge in [-0.2, -0.15) is 0 Å². The maximum atomic E-state index is 11.7. The molecule has 6 nitrogen and oxygen atoms in total. The number of nitrogens with one attached hydrogen (secondary N) is 2. The number of hydrogen-bond acceptors (Lipinski definition) is 5. The van der Waals surface area contributed by atoms with Crippen LogP contribution in [0.25, 0.3) is 0 Å². The molecule has 0 aromatic rings. The molecule has 0 heterocycles. The lowest BCUT2D eigenvalue weighted by atomic mass is 10.1. The van der Waals surface area contributed by atoms with Crippen molar-refractivity contribution in [1.82, 2.24) is 10.6 Å². The number of aliphatic hydroxyl groups is 1. The molecule has 3 N–H and O–H groups in total. The summed E-state index contributed by atoms with van der Waals surface area (Å²) < 4.78 is 10.0. The average Bonchev–Trinajstić information content (AvgIpc) is 3.03. The Kier molecular flexibility index (Phi) is 5.37. The zero-order valence-electron chi connectivity index (χ0n) is 11.5. The van der Waals surface area contributed by atoms with Gasteiger partial charge in [0.2, 0.25) is 0 Å². The van der Waals surface area contributed by atoms with Gasteiger partial charge >= 0.3 is 6.09 Å². The molecule has 0 aliphatic heterocycles. The summed E-state index contributed by atoms with van der Waals surface area (Å²) in [5, 5.41) is 15.4. The normalized spacial score (nSPS) is 19.2. The molecule has 0 spiro atoms. The minimum atomic E-state index is -0.829. The maximum Gasteiger partial charge on any atom is 0.408 e. The van der Waals surface area contributed by atoms with E-state index in [1.165, 1.54) is 7.11 Å². The van der Waals surface area contributed by atoms with Gasteiger partial charge in [-0.3, -0.25) is 5.32 Å². The Bertz CT molecular complexity index is 274.